The van der Waals surface area contributed by atoms with Crippen LogP contribution >= 0.6 is 23.6 Å². The first-order chi connectivity index (χ1) is 15.6. The highest BCUT2D eigenvalue weighted by Crippen LogP contribution is 2.46. The van der Waals surface area contributed by atoms with Crippen LogP contribution in [-0.4, -0.2) is 41.1 Å². The lowest BCUT2D eigenvalue weighted by Crippen LogP contribution is -2.72. The van der Waals surface area contributed by atoms with Gasteiger partial charge in [0.05, 0.1) is 24.1 Å². The third-order valence-corrected chi connectivity index (χ3v) is 6.21. The Morgan fingerprint density at radius 1 is 1.21 bits per heavy atom. The minimum absolute atomic E-state index is 0.0861. The number of hydrogen-bond donors (Lipinski definition) is 3. The molecule has 0 spiro atoms. The molecule has 0 bridgehead atoms. The third-order valence-electron chi connectivity index (χ3n) is 5.11. The lowest BCUT2D eigenvalue weighted by molar-refractivity contribution is -0.285. The maximum absolute atomic E-state index is 14.1. The summed E-state index contributed by atoms with van der Waals surface area (Å²) in [4.78, 5) is 13.4. The number of carbonyl (C=O) groups excluding carboxylic acids is 1. The van der Waals surface area contributed by atoms with Gasteiger partial charge in [0.15, 0.2) is 10.9 Å². The molecule has 33 heavy (non-hydrogen) atoms. The number of hydrogen-bond acceptors (Lipinski definition) is 6. The fraction of sp³-hybridized carbons (Fsp3) is 0.455. The van der Waals surface area contributed by atoms with Crippen molar-refractivity contribution in [2.45, 2.75) is 44.6 Å². The molecular weight excluding hydrogens is 477 g/mol. The minimum Gasteiger partial charge on any atom is -0.493 e. The monoisotopic (exact) mass is 502 g/mol. The van der Waals surface area contributed by atoms with E-state index < -0.39 is 34.8 Å². The van der Waals surface area contributed by atoms with Crippen LogP contribution in [0.3, 0.4) is 0 Å². The Bertz CT molecular complexity index is 985. The number of nitrogens with one attached hydrogen (secondary N) is 2. The number of rotatable bonds is 9. The SMILES string of the molecule is CCCOc1ccc([C@@H]2NC(=S)N[C@@](O)(C(F)(F)F)[C@H]2C(=O)c2cccs2)c(OCCC)c1. The second-order valence-electron chi connectivity index (χ2n) is 7.56. The molecule has 3 N–H and O–H groups in total. The van der Waals surface area contributed by atoms with E-state index in [1.54, 1.807) is 23.6 Å². The zero-order valence-corrected chi connectivity index (χ0v) is 19.7. The van der Waals surface area contributed by atoms with Crippen LogP contribution < -0.4 is 20.1 Å². The standard InChI is InChI=1S/C22H25F3N2O4S2/c1-3-9-30-13-7-8-14(15(12-13)31-10-4-2)18-17(19(28)16-6-5-11-33-16)21(29,22(23,24)25)27-20(32)26-18/h5-8,11-12,17-18,29H,3-4,9-10H2,1-2H3,(H2,26,27,32)/t17-,18+,21+/m1/s1. The summed E-state index contributed by atoms with van der Waals surface area (Å²) >= 11 is 5.99. The molecule has 0 aliphatic carbocycles. The van der Waals surface area contributed by atoms with E-state index in [-0.39, 0.29) is 16.2 Å². The van der Waals surface area contributed by atoms with Crippen LogP contribution in [0.15, 0.2) is 35.7 Å². The summed E-state index contributed by atoms with van der Waals surface area (Å²) in [7, 11) is 0. The second kappa shape index (κ2) is 10.3. The van der Waals surface area contributed by atoms with Gasteiger partial charge in [-0.3, -0.25) is 4.79 Å². The summed E-state index contributed by atoms with van der Waals surface area (Å²) in [6.45, 7) is 4.59. The first-order valence-electron chi connectivity index (χ1n) is 10.5. The Hall–Kier alpha value is -2.37. The molecule has 0 radical (unpaired) electrons. The van der Waals surface area contributed by atoms with Crippen molar-refractivity contribution in [3.8, 4) is 11.5 Å². The van der Waals surface area contributed by atoms with Crippen molar-refractivity contribution in [2.75, 3.05) is 13.2 Å². The molecule has 180 valence electrons. The Balaban J connectivity index is 2.14. The van der Waals surface area contributed by atoms with Gasteiger partial charge in [-0.2, -0.15) is 13.2 Å². The van der Waals surface area contributed by atoms with Gasteiger partial charge < -0.3 is 25.2 Å². The summed E-state index contributed by atoms with van der Waals surface area (Å²) < 4.78 is 53.9. The van der Waals surface area contributed by atoms with Crippen LogP contribution in [0.2, 0.25) is 0 Å². The van der Waals surface area contributed by atoms with E-state index in [4.69, 9.17) is 21.7 Å². The van der Waals surface area contributed by atoms with Crippen molar-refractivity contribution in [3.63, 3.8) is 0 Å². The third kappa shape index (κ3) is 5.25. The van der Waals surface area contributed by atoms with Gasteiger partial charge in [0.25, 0.3) is 0 Å². The van der Waals surface area contributed by atoms with Gasteiger partial charge in [0.2, 0.25) is 5.72 Å². The number of thiophene rings is 1. The first-order valence-corrected chi connectivity index (χ1v) is 11.8. The number of aliphatic hydroxyl groups is 1. The molecule has 1 aliphatic heterocycles. The van der Waals surface area contributed by atoms with Crippen LogP contribution in [0.25, 0.3) is 0 Å². The molecule has 2 aromatic rings. The van der Waals surface area contributed by atoms with Crippen molar-refractivity contribution in [3.05, 3.63) is 46.2 Å². The predicted molar refractivity (Wildman–Crippen MR) is 123 cm³/mol. The Labute approximate surface area is 199 Å². The van der Waals surface area contributed by atoms with Crippen LogP contribution in [-0.2, 0) is 0 Å². The fourth-order valence-corrected chi connectivity index (χ4v) is 4.58. The Morgan fingerprint density at radius 3 is 2.52 bits per heavy atom. The van der Waals surface area contributed by atoms with E-state index in [0.29, 0.717) is 25.4 Å². The molecule has 1 saturated heterocycles. The van der Waals surface area contributed by atoms with Crippen molar-refractivity contribution >= 4 is 34.5 Å². The predicted octanol–water partition coefficient (Wildman–Crippen LogP) is 4.59. The van der Waals surface area contributed by atoms with Crippen molar-refractivity contribution in [1.29, 1.82) is 0 Å². The summed E-state index contributed by atoms with van der Waals surface area (Å²) in [6, 6.07) is 6.37. The maximum Gasteiger partial charge on any atom is 0.437 e. The molecule has 11 heteroatoms. The number of ketones is 1. The normalized spacial score (nSPS) is 22.9. The van der Waals surface area contributed by atoms with Gasteiger partial charge in [0, 0.05) is 11.6 Å². The first kappa shape index (κ1) is 25.3. The van der Waals surface area contributed by atoms with E-state index in [2.05, 4.69) is 5.32 Å². The van der Waals surface area contributed by atoms with E-state index in [9.17, 15) is 23.1 Å². The van der Waals surface area contributed by atoms with Gasteiger partial charge in [-0.1, -0.05) is 19.9 Å². The summed E-state index contributed by atoms with van der Waals surface area (Å²) in [6.07, 6.45) is -3.77. The molecule has 2 heterocycles. The van der Waals surface area contributed by atoms with E-state index >= 15 is 0 Å². The van der Waals surface area contributed by atoms with E-state index in [0.717, 1.165) is 17.8 Å². The number of ether oxygens (including phenoxy) is 2. The molecule has 0 unspecified atom stereocenters. The molecule has 0 amide bonds. The maximum atomic E-state index is 14.1. The molecule has 1 aliphatic rings. The number of halogens is 3. The minimum atomic E-state index is -5.19. The summed E-state index contributed by atoms with van der Waals surface area (Å²) in [5.41, 5.74) is -3.32. The highest BCUT2D eigenvalue weighted by Gasteiger charge is 2.66. The second-order valence-corrected chi connectivity index (χ2v) is 8.91. The fourth-order valence-electron chi connectivity index (χ4n) is 3.59. The number of alkyl halides is 3. The van der Waals surface area contributed by atoms with Crippen molar-refractivity contribution in [2.24, 2.45) is 5.92 Å². The zero-order chi connectivity index (χ0) is 24.2. The average molecular weight is 503 g/mol. The van der Waals surface area contributed by atoms with E-state index in [1.165, 1.54) is 12.1 Å². The highest BCUT2D eigenvalue weighted by atomic mass is 32.1. The largest absolute Gasteiger partial charge is 0.493 e. The van der Waals surface area contributed by atoms with Crippen molar-refractivity contribution in [1.82, 2.24) is 10.6 Å². The Morgan fingerprint density at radius 2 is 1.91 bits per heavy atom. The molecule has 0 saturated carbocycles. The van der Waals surface area contributed by atoms with Gasteiger partial charge in [-0.15, -0.1) is 11.3 Å². The summed E-state index contributed by atoms with van der Waals surface area (Å²) in [5, 5.41) is 16.6. The van der Waals surface area contributed by atoms with Gasteiger partial charge in [-0.05, 0) is 48.6 Å². The topological polar surface area (TPSA) is 79.8 Å². The average Bonchev–Trinajstić information content (AvgIpc) is 3.29. The van der Waals surface area contributed by atoms with E-state index in [1.807, 2.05) is 19.2 Å². The summed E-state index contributed by atoms with van der Waals surface area (Å²) in [5.74, 6) is -2.11. The molecule has 1 fully saturated rings. The number of Topliss-reactive ketones (excluding diaryl/α,β-unsaturated/α-hetero) is 1. The number of benzene rings is 1. The van der Waals surface area contributed by atoms with Crippen LogP contribution in [0.5, 0.6) is 11.5 Å². The molecular formula is C22H25F3N2O4S2. The van der Waals surface area contributed by atoms with Gasteiger partial charge in [0.1, 0.15) is 17.4 Å². The molecule has 1 aromatic heterocycles. The lowest BCUT2D eigenvalue weighted by Gasteiger charge is -2.46. The van der Waals surface area contributed by atoms with Crippen LogP contribution in [0.1, 0.15) is 48.0 Å². The van der Waals surface area contributed by atoms with Gasteiger partial charge in [-0.25, -0.2) is 0 Å². The molecule has 3 atom stereocenters. The van der Waals surface area contributed by atoms with Gasteiger partial charge >= 0.3 is 6.18 Å². The van der Waals surface area contributed by atoms with Crippen LogP contribution in [0.4, 0.5) is 13.2 Å². The zero-order valence-electron chi connectivity index (χ0n) is 18.1. The molecule has 6 nitrogen and oxygen atoms in total. The Kier molecular flexibility index (Phi) is 7.86. The smallest absolute Gasteiger partial charge is 0.437 e. The quantitative estimate of drug-likeness (QED) is 0.342. The molecule has 1 aromatic carbocycles. The highest BCUT2D eigenvalue weighted by molar-refractivity contribution is 7.80. The number of thiocarbonyl (C=S) groups is 1. The van der Waals surface area contributed by atoms with Crippen molar-refractivity contribution < 1.29 is 32.5 Å². The lowest BCUT2D eigenvalue weighted by atomic mass is 9.78. The number of carbonyl (C=O) groups is 1. The van der Waals surface area contributed by atoms with Crippen LogP contribution in [0, 0.1) is 5.92 Å². The molecule has 3 rings (SSSR count).